The molecule has 0 heterocycles. The molecule has 2 unspecified atom stereocenters. The Morgan fingerprint density at radius 2 is 2.19 bits per heavy atom. The van der Waals surface area contributed by atoms with Crippen molar-refractivity contribution in [1.82, 2.24) is 0 Å². The van der Waals surface area contributed by atoms with Gasteiger partial charge in [-0.2, -0.15) is 0 Å². The Hall–Kier alpha value is -0.880. The van der Waals surface area contributed by atoms with E-state index >= 15 is 0 Å². The molecule has 1 aromatic rings. The third kappa shape index (κ3) is 3.31. The summed E-state index contributed by atoms with van der Waals surface area (Å²) in [7, 11) is -1.26. The molecule has 1 aromatic carbocycles. The van der Waals surface area contributed by atoms with Crippen molar-refractivity contribution in [2.24, 2.45) is 11.7 Å². The third-order valence-corrected chi connectivity index (χ3v) is 4.66. The van der Waals surface area contributed by atoms with Gasteiger partial charge < -0.3 is 11.5 Å². The van der Waals surface area contributed by atoms with Crippen LogP contribution in [0.5, 0.6) is 0 Å². The number of carbonyl (C=O) groups is 1. The van der Waals surface area contributed by atoms with Gasteiger partial charge in [0.25, 0.3) is 0 Å². The van der Waals surface area contributed by atoms with Gasteiger partial charge >= 0.3 is 0 Å². The van der Waals surface area contributed by atoms with Gasteiger partial charge in [0.1, 0.15) is 0 Å². The smallest absolute Gasteiger partial charge is 0.221 e. The zero-order valence-electron chi connectivity index (χ0n) is 8.77. The minimum Gasteiger partial charge on any atom is -0.399 e. The number of amides is 1. The molecule has 0 saturated heterocycles. The van der Waals surface area contributed by atoms with Crippen LogP contribution in [0.4, 0.5) is 5.69 Å². The van der Waals surface area contributed by atoms with Crippen molar-refractivity contribution in [2.45, 2.75) is 11.8 Å². The van der Waals surface area contributed by atoms with E-state index in [1.165, 1.54) is 0 Å². The first-order valence-electron chi connectivity index (χ1n) is 4.64. The maximum atomic E-state index is 11.9. The van der Waals surface area contributed by atoms with Gasteiger partial charge in [0, 0.05) is 21.8 Å². The van der Waals surface area contributed by atoms with Crippen LogP contribution in [0.3, 0.4) is 0 Å². The van der Waals surface area contributed by atoms with Gasteiger partial charge in [-0.05, 0) is 34.1 Å². The molecule has 0 aliphatic heterocycles. The molecule has 0 radical (unpaired) electrons. The van der Waals surface area contributed by atoms with Gasteiger partial charge in [0.05, 0.1) is 15.7 Å². The Bertz CT molecular complexity index is 437. The number of halogens is 1. The molecule has 2 atom stereocenters. The van der Waals surface area contributed by atoms with E-state index in [1.807, 2.05) is 0 Å². The Kier molecular flexibility index (Phi) is 4.49. The van der Waals surface area contributed by atoms with Crippen LogP contribution in [-0.2, 0) is 15.6 Å². The van der Waals surface area contributed by atoms with Crippen molar-refractivity contribution in [2.75, 3.05) is 11.5 Å². The van der Waals surface area contributed by atoms with Crippen molar-refractivity contribution in [1.29, 1.82) is 0 Å². The zero-order valence-corrected chi connectivity index (χ0v) is 11.2. The molecule has 6 heteroatoms. The van der Waals surface area contributed by atoms with Crippen LogP contribution >= 0.6 is 15.9 Å². The third-order valence-electron chi connectivity index (χ3n) is 2.09. The molecule has 0 aliphatic rings. The van der Waals surface area contributed by atoms with Gasteiger partial charge in [0.15, 0.2) is 0 Å². The van der Waals surface area contributed by atoms with E-state index in [9.17, 15) is 9.00 Å². The highest BCUT2D eigenvalue weighted by Gasteiger charge is 2.16. The first kappa shape index (κ1) is 13.2. The Labute approximate surface area is 105 Å². The van der Waals surface area contributed by atoms with Crippen LogP contribution in [0.2, 0.25) is 0 Å². The predicted molar refractivity (Wildman–Crippen MR) is 68.2 cm³/mol. The summed E-state index contributed by atoms with van der Waals surface area (Å²) in [4.78, 5) is 11.5. The summed E-state index contributed by atoms with van der Waals surface area (Å²) >= 11 is 3.29. The lowest BCUT2D eigenvalue weighted by Gasteiger charge is -2.08. The molecule has 0 fully saturated rings. The van der Waals surface area contributed by atoms with Gasteiger partial charge in [-0.3, -0.25) is 9.00 Å². The molecule has 16 heavy (non-hydrogen) atoms. The van der Waals surface area contributed by atoms with E-state index in [-0.39, 0.29) is 5.75 Å². The molecule has 88 valence electrons. The lowest BCUT2D eigenvalue weighted by Crippen LogP contribution is -2.25. The number of nitrogen functional groups attached to an aromatic ring is 1. The standard InChI is InChI=1S/C10H13BrN2O2S/c1-6(10(13)14)5-16(15)9-3-2-7(12)4-8(9)11/h2-4,6H,5,12H2,1H3,(H2,13,14). The van der Waals surface area contributed by atoms with Crippen LogP contribution in [0.1, 0.15) is 6.92 Å². The summed E-state index contributed by atoms with van der Waals surface area (Å²) in [5.41, 5.74) is 11.3. The van der Waals surface area contributed by atoms with E-state index in [4.69, 9.17) is 11.5 Å². The highest BCUT2D eigenvalue weighted by atomic mass is 79.9. The van der Waals surface area contributed by atoms with Crippen molar-refractivity contribution in [3.05, 3.63) is 22.7 Å². The maximum absolute atomic E-state index is 11.9. The number of benzene rings is 1. The number of hydrogen-bond donors (Lipinski definition) is 2. The molecule has 0 bridgehead atoms. The average molecular weight is 305 g/mol. The summed E-state index contributed by atoms with van der Waals surface area (Å²) in [6.45, 7) is 1.66. The van der Waals surface area contributed by atoms with Crippen molar-refractivity contribution in [3.8, 4) is 0 Å². The molecule has 1 rings (SSSR count). The highest BCUT2D eigenvalue weighted by Crippen LogP contribution is 2.23. The van der Waals surface area contributed by atoms with Gasteiger partial charge in [-0.15, -0.1) is 0 Å². The van der Waals surface area contributed by atoms with Crippen molar-refractivity contribution >= 4 is 38.3 Å². The lowest BCUT2D eigenvalue weighted by atomic mass is 10.2. The van der Waals surface area contributed by atoms with Gasteiger partial charge in [0.2, 0.25) is 5.91 Å². The second kappa shape index (κ2) is 5.45. The zero-order chi connectivity index (χ0) is 12.3. The predicted octanol–water partition coefficient (Wildman–Crippen LogP) is 1.26. The number of anilines is 1. The summed E-state index contributed by atoms with van der Waals surface area (Å²) in [5, 5.41) is 0. The van der Waals surface area contributed by atoms with E-state index < -0.39 is 22.6 Å². The highest BCUT2D eigenvalue weighted by molar-refractivity contribution is 9.10. The molecular formula is C10H13BrN2O2S. The summed E-state index contributed by atoms with van der Waals surface area (Å²) in [6.07, 6.45) is 0. The van der Waals surface area contributed by atoms with E-state index in [0.717, 1.165) is 0 Å². The second-order valence-corrected chi connectivity index (χ2v) is 5.82. The SMILES string of the molecule is CC(CS(=O)c1ccc(N)cc1Br)C(N)=O. The molecule has 0 saturated carbocycles. The minimum atomic E-state index is -1.26. The quantitative estimate of drug-likeness (QED) is 0.821. The first-order chi connectivity index (χ1) is 7.41. The number of carbonyl (C=O) groups excluding carboxylic acids is 1. The molecule has 4 N–H and O–H groups in total. The lowest BCUT2D eigenvalue weighted by molar-refractivity contribution is -0.120. The van der Waals surface area contributed by atoms with E-state index in [1.54, 1.807) is 25.1 Å². The van der Waals surface area contributed by atoms with Gasteiger partial charge in [-0.1, -0.05) is 6.92 Å². The fourth-order valence-corrected chi connectivity index (χ4v) is 3.33. The summed E-state index contributed by atoms with van der Waals surface area (Å²) < 4.78 is 12.6. The van der Waals surface area contributed by atoms with Crippen molar-refractivity contribution in [3.63, 3.8) is 0 Å². The maximum Gasteiger partial charge on any atom is 0.221 e. The topological polar surface area (TPSA) is 86.2 Å². The van der Waals surface area contributed by atoms with Gasteiger partial charge in [-0.25, -0.2) is 0 Å². The molecule has 0 aromatic heterocycles. The number of hydrogen-bond acceptors (Lipinski definition) is 3. The summed E-state index contributed by atoms with van der Waals surface area (Å²) in [6, 6.07) is 5.04. The van der Waals surface area contributed by atoms with Crippen LogP contribution in [-0.4, -0.2) is 15.9 Å². The number of rotatable bonds is 4. The molecule has 1 amide bonds. The van der Waals surface area contributed by atoms with Crippen molar-refractivity contribution < 1.29 is 9.00 Å². The van der Waals surface area contributed by atoms with E-state index in [2.05, 4.69) is 15.9 Å². The molecule has 0 spiro atoms. The monoisotopic (exact) mass is 304 g/mol. The van der Waals surface area contributed by atoms with Crippen LogP contribution in [0.15, 0.2) is 27.6 Å². The van der Waals surface area contributed by atoms with Crippen LogP contribution in [0.25, 0.3) is 0 Å². The Morgan fingerprint density at radius 3 is 2.69 bits per heavy atom. The van der Waals surface area contributed by atoms with Crippen LogP contribution < -0.4 is 11.5 Å². The fourth-order valence-electron chi connectivity index (χ4n) is 1.10. The first-order valence-corrected chi connectivity index (χ1v) is 6.75. The summed E-state index contributed by atoms with van der Waals surface area (Å²) in [5.74, 6) is -0.636. The normalized spacial score (nSPS) is 14.4. The largest absolute Gasteiger partial charge is 0.399 e. The second-order valence-electron chi connectivity index (χ2n) is 3.51. The molecule has 0 aliphatic carbocycles. The molecular weight excluding hydrogens is 292 g/mol. The fraction of sp³-hybridized carbons (Fsp3) is 0.300. The Balaban J connectivity index is 2.85. The van der Waals surface area contributed by atoms with Crippen LogP contribution in [0, 0.1) is 5.92 Å². The average Bonchev–Trinajstić information content (AvgIpc) is 2.16. The molecule has 4 nitrogen and oxygen atoms in total. The number of primary amides is 1. The van der Waals surface area contributed by atoms with E-state index in [0.29, 0.717) is 15.1 Å². The Morgan fingerprint density at radius 1 is 1.56 bits per heavy atom. The number of nitrogens with two attached hydrogens (primary N) is 2. The minimum absolute atomic E-state index is 0.220.